The summed E-state index contributed by atoms with van der Waals surface area (Å²) in [5.41, 5.74) is 6.40. The largest absolute Gasteiger partial charge is 0.364 e. The first-order valence-corrected chi connectivity index (χ1v) is 6.02. The molecule has 0 bridgehead atoms. The monoisotopic (exact) mass is 239 g/mol. The van der Waals surface area contributed by atoms with E-state index in [1.54, 1.807) is 6.07 Å². The van der Waals surface area contributed by atoms with Crippen LogP contribution in [0.25, 0.3) is 0 Å². The molecule has 0 aromatic carbocycles. The minimum Gasteiger partial charge on any atom is -0.364 e. The second-order valence-corrected chi connectivity index (χ2v) is 4.52. The van der Waals surface area contributed by atoms with Crippen molar-refractivity contribution in [2.24, 2.45) is 11.7 Å². The van der Waals surface area contributed by atoms with Crippen LogP contribution in [0.2, 0.25) is 0 Å². The fourth-order valence-electron chi connectivity index (χ4n) is 1.56. The first-order chi connectivity index (χ1) is 8.09. The summed E-state index contributed by atoms with van der Waals surface area (Å²) < 4.78 is 4.68. The molecule has 5 heteroatoms. The van der Waals surface area contributed by atoms with Gasteiger partial charge in [-0.1, -0.05) is 18.5 Å². The quantitative estimate of drug-likeness (QED) is 0.754. The van der Waals surface area contributed by atoms with Gasteiger partial charge in [0.25, 0.3) is 0 Å². The zero-order valence-corrected chi connectivity index (χ0v) is 10.5. The Hall–Kier alpha value is -1.36. The topological polar surface area (TPSA) is 81.2 Å². The van der Waals surface area contributed by atoms with Crippen LogP contribution in [0.15, 0.2) is 16.9 Å². The lowest BCUT2D eigenvalue weighted by Gasteiger charge is -2.12. The maximum atomic E-state index is 11.7. The summed E-state index contributed by atoms with van der Waals surface area (Å²) in [5.74, 6) is 0.0679. The van der Waals surface area contributed by atoms with Gasteiger partial charge in [-0.25, -0.2) is 0 Å². The third-order valence-electron chi connectivity index (χ3n) is 2.68. The Morgan fingerprint density at radius 2 is 2.29 bits per heavy atom. The van der Waals surface area contributed by atoms with Gasteiger partial charge in [-0.3, -0.25) is 4.79 Å². The third kappa shape index (κ3) is 5.49. The molecule has 0 saturated heterocycles. The van der Waals surface area contributed by atoms with E-state index in [0.717, 1.165) is 25.0 Å². The van der Waals surface area contributed by atoms with Crippen molar-refractivity contribution in [3.8, 4) is 0 Å². The minimum absolute atomic E-state index is 0.0145. The second kappa shape index (κ2) is 7.06. The summed E-state index contributed by atoms with van der Waals surface area (Å²) in [7, 11) is 0. The van der Waals surface area contributed by atoms with Crippen molar-refractivity contribution in [3.05, 3.63) is 18.0 Å². The van der Waals surface area contributed by atoms with Gasteiger partial charge in [0.2, 0.25) is 5.91 Å². The molecule has 3 N–H and O–H groups in total. The predicted octanol–water partition coefficient (Wildman–Crippen LogP) is 1.44. The zero-order chi connectivity index (χ0) is 12.7. The first kappa shape index (κ1) is 13.7. The number of carbonyl (C=O) groups is 1. The normalized spacial score (nSPS) is 14.3. The number of hydrogen-bond donors (Lipinski definition) is 2. The number of nitrogens with zero attached hydrogens (tertiary/aromatic N) is 1. The van der Waals surface area contributed by atoms with Gasteiger partial charge in [0, 0.05) is 18.0 Å². The Morgan fingerprint density at radius 3 is 2.88 bits per heavy atom. The van der Waals surface area contributed by atoms with Crippen LogP contribution in [0.5, 0.6) is 0 Å². The van der Waals surface area contributed by atoms with Gasteiger partial charge in [0.05, 0.1) is 6.54 Å². The summed E-state index contributed by atoms with van der Waals surface area (Å²) in [4.78, 5) is 11.7. The van der Waals surface area contributed by atoms with Gasteiger partial charge < -0.3 is 15.6 Å². The lowest BCUT2D eigenvalue weighted by Crippen LogP contribution is -2.29. The molecule has 0 fully saturated rings. The van der Waals surface area contributed by atoms with Gasteiger partial charge in [-0.05, 0) is 19.8 Å². The SMILES string of the molecule is CC(N)CCCC(C)C(=O)NCc1ccon1. The summed E-state index contributed by atoms with van der Waals surface area (Å²) in [6.07, 6.45) is 4.30. The number of hydrogen-bond acceptors (Lipinski definition) is 4. The van der Waals surface area contributed by atoms with E-state index in [-0.39, 0.29) is 17.9 Å². The zero-order valence-electron chi connectivity index (χ0n) is 10.5. The van der Waals surface area contributed by atoms with Crippen molar-refractivity contribution in [2.75, 3.05) is 0 Å². The number of nitrogens with one attached hydrogen (secondary N) is 1. The molecule has 0 aliphatic carbocycles. The highest BCUT2D eigenvalue weighted by atomic mass is 16.5. The van der Waals surface area contributed by atoms with E-state index in [4.69, 9.17) is 5.73 Å². The van der Waals surface area contributed by atoms with Crippen molar-refractivity contribution in [3.63, 3.8) is 0 Å². The van der Waals surface area contributed by atoms with Crippen LogP contribution in [-0.2, 0) is 11.3 Å². The molecule has 5 nitrogen and oxygen atoms in total. The van der Waals surface area contributed by atoms with Crippen LogP contribution in [0.1, 0.15) is 38.8 Å². The molecular formula is C12H21N3O2. The van der Waals surface area contributed by atoms with Crippen molar-refractivity contribution in [1.82, 2.24) is 10.5 Å². The highest BCUT2D eigenvalue weighted by Gasteiger charge is 2.12. The van der Waals surface area contributed by atoms with E-state index in [0.29, 0.717) is 6.54 Å². The van der Waals surface area contributed by atoms with Crippen LogP contribution in [0.3, 0.4) is 0 Å². The van der Waals surface area contributed by atoms with Crippen LogP contribution < -0.4 is 11.1 Å². The lowest BCUT2D eigenvalue weighted by molar-refractivity contribution is -0.124. The van der Waals surface area contributed by atoms with Crippen molar-refractivity contribution < 1.29 is 9.32 Å². The van der Waals surface area contributed by atoms with Crippen molar-refractivity contribution in [1.29, 1.82) is 0 Å². The highest BCUT2D eigenvalue weighted by Crippen LogP contribution is 2.09. The number of amides is 1. The molecule has 1 rings (SSSR count). The van der Waals surface area contributed by atoms with Gasteiger partial charge in [-0.2, -0.15) is 0 Å². The molecule has 0 radical (unpaired) electrons. The van der Waals surface area contributed by atoms with Crippen LogP contribution >= 0.6 is 0 Å². The van der Waals surface area contributed by atoms with E-state index < -0.39 is 0 Å². The summed E-state index contributed by atoms with van der Waals surface area (Å²) >= 11 is 0. The molecular weight excluding hydrogens is 218 g/mol. The molecule has 0 aliphatic rings. The van der Waals surface area contributed by atoms with Gasteiger partial charge in [0.15, 0.2) is 0 Å². The maximum absolute atomic E-state index is 11.7. The van der Waals surface area contributed by atoms with Crippen molar-refractivity contribution in [2.45, 2.75) is 45.7 Å². The molecule has 2 unspecified atom stereocenters. The molecule has 2 atom stereocenters. The standard InChI is InChI=1S/C12H21N3O2/c1-9(4-3-5-10(2)13)12(16)14-8-11-6-7-17-15-11/h6-7,9-10H,3-5,8,13H2,1-2H3,(H,14,16). The molecule has 1 aromatic rings. The maximum Gasteiger partial charge on any atom is 0.223 e. The Labute approximate surface area is 102 Å². The Balaban J connectivity index is 2.18. The van der Waals surface area contributed by atoms with Gasteiger partial charge in [-0.15, -0.1) is 0 Å². The Bertz CT molecular complexity index is 323. The van der Waals surface area contributed by atoms with Crippen LogP contribution in [0, 0.1) is 5.92 Å². The second-order valence-electron chi connectivity index (χ2n) is 4.52. The Kier molecular flexibility index (Phi) is 5.69. The van der Waals surface area contributed by atoms with Crippen LogP contribution in [0.4, 0.5) is 0 Å². The molecule has 1 aromatic heterocycles. The average molecular weight is 239 g/mol. The molecule has 1 heterocycles. The Morgan fingerprint density at radius 1 is 1.53 bits per heavy atom. The molecule has 0 spiro atoms. The molecule has 0 aliphatic heterocycles. The van der Waals surface area contributed by atoms with Crippen LogP contribution in [-0.4, -0.2) is 17.1 Å². The number of nitrogens with two attached hydrogens (primary N) is 1. The minimum atomic E-state index is 0.0145. The van der Waals surface area contributed by atoms with E-state index in [9.17, 15) is 4.79 Å². The smallest absolute Gasteiger partial charge is 0.223 e. The first-order valence-electron chi connectivity index (χ1n) is 6.02. The van der Waals surface area contributed by atoms with E-state index in [1.165, 1.54) is 6.26 Å². The lowest BCUT2D eigenvalue weighted by atomic mass is 10.0. The van der Waals surface area contributed by atoms with Gasteiger partial charge >= 0.3 is 0 Å². The van der Waals surface area contributed by atoms with Crippen molar-refractivity contribution >= 4 is 5.91 Å². The fourth-order valence-corrected chi connectivity index (χ4v) is 1.56. The summed E-state index contributed by atoms with van der Waals surface area (Å²) in [6, 6.07) is 1.95. The van der Waals surface area contributed by atoms with Gasteiger partial charge in [0.1, 0.15) is 12.0 Å². The third-order valence-corrected chi connectivity index (χ3v) is 2.68. The molecule has 96 valence electrons. The average Bonchev–Trinajstić information content (AvgIpc) is 2.78. The number of rotatable bonds is 7. The molecule has 0 saturated carbocycles. The highest BCUT2D eigenvalue weighted by molar-refractivity contribution is 5.78. The summed E-state index contributed by atoms with van der Waals surface area (Å²) in [6.45, 7) is 4.33. The fraction of sp³-hybridized carbons (Fsp3) is 0.667. The van der Waals surface area contributed by atoms with E-state index in [1.807, 2.05) is 13.8 Å². The van der Waals surface area contributed by atoms with E-state index >= 15 is 0 Å². The molecule has 17 heavy (non-hydrogen) atoms. The predicted molar refractivity (Wildman–Crippen MR) is 65.0 cm³/mol. The number of aromatic nitrogens is 1. The number of carbonyl (C=O) groups excluding carboxylic acids is 1. The van der Waals surface area contributed by atoms with E-state index in [2.05, 4.69) is 15.0 Å². The molecule has 1 amide bonds. The summed E-state index contributed by atoms with van der Waals surface area (Å²) in [5, 5.41) is 6.56.